The Labute approximate surface area is 133 Å². The van der Waals surface area contributed by atoms with Crippen LogP contribution in [0.15, 0.2) is 30.3 Å². The molecule has 0 heterocycles. The van der Waals surface area contributed by atoms with Crippen molar-refractivity contribution in [1.29, 1.82) is 0 Å². The van der Waals surface area contributed by atoms with Crippen LogP contribution in [-0.2, 0) is 11.2 Å². The Morgan fingerprint density at radius 3 is 2.57 bits per heavy atom. The van der Waals surface area contributed by atoms with E-state index in [-0.39, 0.29) is 11.8 Å². The van der Waals surface area contributed by atoms with Crippen molar-refractivity contribution in [3.05, 3.63) is 35.9 Å². The van der Waals surface area contributed by atoms with E-state index in [9.17, 15) is 4.79 Å². The molecule has 3 heteroatoms. The predicted octanol–water partition coefficient (Wildman–Crippen LogP) is 3.90. The molecular weight excluding hydrogens is 278 g/mol. The van der Waals surface area contributed by atoms with E-state index in [4.69, 9.17) is 0 Å². The summed E-state index contributed by atoms with van der Waals surface area (Å²) in [6.07, 6.45) is 8.16. The van der Waals surface area contributed by atoms with Gasteiger partial charge in [-0.2, -0.15) is 11.8 Å². The zero-order valence-electron chi connectivity index (χ0n) is 13.2. The van der Waals surface area contributed by atoms with Gasteiger partial charge in [-0.05, 0) is 37.0 Å². The normalized spacial score (nSPS) is 18.4. The molecule has 1 aliphatic rings. The molecule has 2 atom stereocenters. The Morgan fingerprint density at radius 2 is 1.95 bits per heavy atom. The molecule has 21 heavy (non-hydrogen) atoms. The number of carbonyl (C=O) groups is 1. The Balaban J connectivity index is 2.00. The monoisotopic (exact) mass is 305 g/mol. The molecule has 2 unspecified atom stereocenters. The first-order chi connectivity index (χ1) is 10.2. The zero-order chi connectivity index (χ0) is 15.1. The lowest BCUT2D eigenvalue weighted by Crippen LogP contribution is -2.43. The molecule has 1 aromatic rings. The lowest BCUT2D eigenvalue weighted by atomic mass is 9.91. The van der Waals surface area contributed by atoms with Crippen molar-refractivity contribution in [1.82, 2.24) is 5.32 Å². The molecular formula is C18H27NOS. The largest absolute Gasteiger partial charge is 0.353 e. The summed E-state index contributed by atoms with van der Waals surface area (Å²) in [5.74, 6) is 1.86. The number of amides is 1. The summed E-state index contributed by atoms with van der Waals surface area (Å²) in [5, 5.41) is 3.34. The van der Waals surface area contributed by atoms with Crippen LogP contribution >= 0.6 is 11.8 Å². The molecule has 2 nitrogen and oxygen atoms in total. The Kier molecular flexibility index (Phi) is 6.62. The number of benzene rings is 1. The van der Waals surface area contributed by atoms with Crippen LogP contribution in [0.2, 0.25) is 0 Å². The van der Waals surface area contributed by atoms with Gasteiger partial charge in [0.05, 0.1) is 0 Å². The molecule has 1 aromatic carbocycles. The van der Waals surface area contributed by atoms with Crippen molar-refractivity contribution in [3.63, 3.8) is 0 Å². The number of carbonyl (C=O) groups excluding carboxylic acids is 1. The molecule has 1 N–H and O–H groups in total. The molecule has 2 rings (SSSR count). The van der Waals surface area contributed by atoms with E-state index in [1.807, 2.05) is 13.0 Å². The van der Waals surface area contributed by atoms with Gasteiger partial charge >= 0.3 is 0 Å². The fourth-order valence-electron chi connectivity index (χ4n) is 3.21. The third kappa shape index (κ3) is 5.06. The van der Waals surface area contributed by atoms with E-state index in [2.05, 4.69) is 35.8 Å². The van der Waals surface area contributed by atoms with Gasteiger partial charge in [-0.3, -0.25) is 4.79 Å². The second-order valence-electron chi connectivity index (χ2n) is 6.21. The third-order valence-electron chi connectivity index (χ3n) is 4.46. The number of nitrogens with one attached hydrogen (secondary N) is 1. The summed E-state index contributed by atoms with van der Waals surface area (Å²) in [6, 6.07) is 10.8. The van der Waals surface area contributed by atoms with Gasteiger partial charge in [-0.1, -0.05) is 50.1 Å². The van der Waals surface area contributed by atoms with Gasteiger partial charge in [0.25, 0.3) is 0 Å². The van der Waals surface area contributed by atoms with E-state index < -0.39 is 0 Å². The number of hydrogen-bond acceptors (Lipinski definition) is 2. The first-order valence-electron chi connectivity index (χ1n) is 8.04. The first kappa shape index (κ1) is 16.4. The van der Waals surface area contributed by atoms with E-state index in [1.54, 1.807) is 11.8 Å². The van der Waals surface area contributed by atoms with Crippen LogP contribution < -0.4 is 5.32 Å². The molecule has 0 radical (unpaired) electrons. The van der Waals surface area contributed by atoms with Crippen molar-refractivity contribution in [2.45, 2.75) is 45.1 Å². The van der Waals surface area contributed by atoms with Gasteiger partial charge in [0.1, 0.15) is 0 Å². The smallest absolute Gasteiger partial charge is 0.223 e. The van der Waals surface area contributed by atoms with Crippen LogP contribution in [0.5, 0.6) is 0 Å². The Bertz CT molecular complexity index is 428. The minimum atomic E-state index is 0.0969. The molecule has 0 aliphatic heterocycles. The topological polar surface area (TPSA) is 29.1 Å². The molecule has 1 fully saturated rings. The lowest BCUT2D eigenvalue weighted by Gasteiger charge is -2.26. The molecule has 1 saturated carbocycles. The highest BCUT2D eigenvalue weighted by molar-refractivity contribution is 7.98. The van der Waals surface area contributed by atoms with Crippen LogP contribution in [0.25, 0.3) is 0 Å². The maximum atomic E-state index is 12.4. The SMILES string of the molecule is CSCC(C)C(=O)NC(Cc1ccccc1)C1CCCC1. The summed E-state index contributed by atoms with van der Waals surface area (Å²) in [6.45, 7) is 2.03. The Hall–Kier alpha value is -0.960. The summed E-state index contributed by atoms with van der Waals surface area (Å²) < 4.78 is 0. The molecule has 0 bridgehead atoms. The average molecular weight is 305 g/mol. The van der Waals surface area contributed by atoms with Gasteiger partial charge < -0.3 is 5.32 Å². The highest BCUT2D eigenvalue weighted by Gasteiger charge is 2.27. The number of thioether (sulfide) groups is 1. The summed E-state index contributed by atoms with van der Waals surface area (Å²) in [7, 11) is 0. The second kappa shape index (κ2) is 8.47. The summed E-state index contributed by atoms with van der Waals surface area (Å²) >= 11 is 1.74. The third-order valence-corrected chi connectivity index (χ3v) is 5.29. The fraction of sp³-hybridized carbons (Fsp3) is 0.611. The first-order valence-corrected chi connectivity index (χ1v) is 9.43. The van der Waals surface area contributed by atoms with Crippen LogP contribution in [-0.4, -0.2) is 24.0 Å². The Morgan fingerprint density at radius 1 is 1.29 bits per heavy atom. The minimum Gasteiger partial charge on any atom is -0.353 e. The van der Waals surface area contributed by atoms with E-state index in [1.165, 1.54) is 31.2 Å². The van der Waals surface area contributed by atoms with Crippen LogP contribution in [0.4, 0.5) is 0 Å². The second-order valence-corrected chi connectivity index (χ2v) is 7.12. The van der Waals surface area contributed by atoms with Crippen LogP contribution in [0.1, 0.15) is 38.2 Å². The van der Waals surface area contributed by atoms with Crippen LogP contribution in [0, 0.1) is 11.8 Å². The summed E-state index contributed by atoms with van der Waals surface area (Å²) in [4.78, 5) is 12.4. The average Bonchev–Trinajstić information content (AvgIpc) is 3.02. The maximum absolute atomic E-state index is 12.4. The van der Waals surface area contributed by atoms with E-state index in [0.717, 1.165) is 12.2 Å². The predicted molar refractivity (Wildman–Crippen MR) is 91.6 cm³/mol. The van der Waals surface area contributed by atoms with E-state index in [0.29, 0.717) is 12.0 Å². The van der Waals surface area contributed by atoms with Crippen LogP contribution in [0.3, 0.4) is 0 Å². The highest BCUT2D eigenvalue weighted by Crippen LogP contribution is 2.29. The summed E-state index contributed by atoms with van der Waals surface area (Å²) in [5.41, 5.74) is 1.33. The quantitative estimate of drug-likeness (QED) is 0.827. The van der Waals surface area contributed by atoms with Crippen molar-refractivity contribution < 1.29 is 4.79 Å². The molecule has 1 aliphatic carbocycles. The molecule has 0 aromatic heterocycles. The van der Waals surface area contributed by atoms with Gasteiger partial charge in [-0.15, -0.1) is 0 Å². The van der Waals surface area contributed by atoms with Crippen molar-refractivity contribution >= 4 is 17.7 Å². The molecule has 0 saturated heterocycles. The van der Waals surface area contributed by atoms with E-state index >= 15 is 0 Å². The highest BCUT2D eigenvalue weighted by atomic mass is 32.2. The molecule has 0 spiro atoms. The van der Waals surface area contributed by atoms with Crippen molar-refractivity contribution in [3.8, 4) is 0 Å². The number of hydrogen-bond donors (Lipinski definition) is 1. The standard InChI is InChI=1S/C18H27NOS/c1-14(13-21-2)18(20)19-17(16-10-6-7-11-16)12-15-8-4-3-5-9-15/h3-5,8-9,14,16-17H,6-7,10-13H2,1-2H3,(H,19,20). The molecule has 116 valence electrons. The van der Waals surface area contributed by atoms with Gasteiger partial charge in [0, 0.05) is 17.7 Å². The fourth-order valence-corrected chi connectivity index (χ4v) is 3.87. The van der Waals surface area contributed by atoms with Gasteiger partial charge in [0.2, 0.25) is 5.91 Å². The maximum Gasteiger partial charge on any atom is 0.223 e. The lowest BCUT2D eigenvalue weighted by molar-refractivity contribution is -0.124. The molecule has 1 amide bonds. The minimum absolute atomic E-state index is 0.0969. The zero-order valence-corrected chi connectivity index (χ0v) is 14.0. The number of rotatable bonds is 7. The van der Waals surface area contributed by atoms with Crippen molar-refractivity contribution in [2.24, 2.45) is 11.8 Å². The van der Waals surface area contributed by atoms with Gasteiger partial charge in [0.15, 0.2) is 0 Å². The van der Waals surface area contributed by atoms with Gasteiger partial charge in [-0.25, -0.2) is 0 Å². The van der Waals surface area contributed by atoms with Crippen molar-refractivity contribution in [2.75, 3.05) is 12.0 Å².